The summed E-state index contributed by atoms with van der Waals surface area (Å²) in [5.74, 6) is 1.28. The standard InChI is InChI=1S/C14H13BrN2O3/c1-19-11-5-9(6-12(8-11)20-2)14(18)17-13-7-10(15)3-4-16-13/h3-8H,1-2H3,(H,16,17,18). The Labute approximate surface area is 125 Å². The molecule has 2 aromatic rings. The van der Waals surface area contributed by atoms with E-state index in [4.69, 9.17) is 9.47 Å². The third-order valence-corrected chi connectivity index (χ3v) is 3.07. The minimum Gasteiger partial charge on any atom is -0.497 e. The summed E-state index contributed by atoms with van der Waals surface area (Å²) in [6, 6.07) is 8.47. The lowest BCUT2D eigenvalue weighted by Crippen LogP contribution is -2.13. The molecule has 0 saturated heterocycles. The number of ether oxygens (including phenoxy) is 2. The zero-order valence-electron chi connectivity index (χ0n) is 11.0. The molecule has 2 rings (SSSR count). The molecule has 1 heterocycles. The molecular weight excluding hydrogens is 324 g/mol. The molecule has 0 unspecified atom stereocenters. The lowest BCUT2D eigenvalue weighted by molar-refractivity contribution is 0.102. The molecule has 0 saturated carbocycles. The largest absolute Gasteiger partial charge is 0.497 e. The summed E-state index contributed by atoms with van der Waals surface area (Å²) in [5, 5.41) is 2.71. The number of benzene rings is 1. The van der Waals surface area contributed by atoms with E-state index in [1.165, 1.54) is 14.2 Å². The Kier molecular flexibility index (Phi) is 4.57. The molecule has 1 aromatic heterocycles. The highest BCUT2D eigenvalue weighted by molar-refractivity contribution is 9.10. The van der Waals surface area contributed by atoms with E-state index in [1.54, 1.807) is 36.5 Å². The zero-order chi connectivity index (χ0) is 14.5. The molecule has 1 N–H and O–H groups in total. The van der Waals surface area contributed by atoms with E-state index in [0.29, 0.717) is 22.9 Å². The van der Waals surface area contributed by atoms with E-state index >= 15 is 0 Å². The smallest absolute Gasteiger partial charge is 0.257 e. The predicted molar refractivity (Wildman–Crippen MR) is 79.4 cm³/mol. The molecule has 6 heteroatoms. The maximum Gasteiger partial charge on any atom is 0.257 e. The normalized spacial score (nSPS) is 9.95. The van der Waals surface area contributed by atoms with Crippen LogP contribution in [-0.2, 0) is 0 Å². The maximum absolute atomic E-state index is 12.2. The fraction of sp³-hybridized carbons (Fsp3) is 0.143. The highest BCUT2D eigenvalue weighted by Gasteiger charge is 2.10. The Morgan fingerprint density at radius 1 is 1.15 bits per heavy atom. The summed E-state index contributed by atoms with van der Waals surface area (Å²) >= 11 is 3.32. The molecule has 104 valence electrons. The van der Waals surface area contributed by atoms with Crippen molar-refractivity contribution < 1.29 is 14.3 Å². The van der Waals surface area contributed by atoms with Crippen molar-refractivity contribution in [1.82, 2.24) is 4.98 Å². The number of carbonyl (C=O) groups is 1. The predicted octanol–water partition coefficient (Wildman–Crippen LogP) is 3.11. The minimum atomic E-state index is -0.284. The number of methoxy groups -OCH3 is 2. The van der Waals surface area contributed by atoms with Gasteiger partial charge in [0, 0.05) is 22.3 Å². The molecule has 0 aliphatic rings. The summed E-state index contributed by atoms with van der Waals surface area (Å²) in [4.78, 5) is 16.2. The molecule has 5 nitrogen and oxygen atoms in total. The Balaban J connectivity index is 2.24. The number of halogens is 1. The monoisotopic (exact) mass is 336 g/mol. The first kappa shape index (κ1) is 14.3. The van der Waals surface area contributed by atoms with Gasteiger partial charge in [-0.1, -0.05) is 15.9 Å². The first-order valence-corrected chi connectivity index (χ1v) is 6.57. The van der Waals surface area contributed by atoms with Crippen LogP contribution < -0.4 is 14.8 Å². The van der Waals surface area contributed by atoms with Crippen LogP contribution >= 0.6 is 15.9 Å². The van der Waals surface area contributed by atoms with Gasteiger partial charge in [0.05, 0.1) is 14.2 Å². The maximum atomic E-state index is 12.2. The number of carbonyl (C=O) groups excluding carboxylic acids is 1. The Morgan fingerprint density at radius 3 is 2.35 bits per heavy atom. The quantitative estimate of drug-likeness (QED) is 0.931. The number of nitrogens with zero attached hydrogens (tertiary/aromatic N) is 1. The molecule has 0 spiro atoms. The molecular formula is C14H13BrN2O3. The summed E-state index contributed by atoms with van der Waals surface area (Å²) in [5.41, 5.74) is 0.433. The van der Waals surface area contributed by atoms with E-state index in [2.05, 4.69) is 26.2 Å². The third kappa shape index (κ3) is 3.48. The second kappa shape index (κ2) is 6.38. The first-order valence-electron chi connectivity index (χ1n) is 5.78. The van der Waals surface area contributed by atoms with Gasteiger partial charge in [0.25, 0.3) is 5.91 Å². The van der Waals surface area contributed by atoms with Crippen molar-refractivity contribution in [3.05, 3.63) is 46.6 Å². The molecule has 0 fully saturated rings. The summed E-state index contributed by atoms with van der Waals surface area (Å²) in [6.45, 7) is 0. The van der Waals surface area contributed by atoms with Crippen LogP contribution in [0.25, 0.3) is 0 Å². The van der Waals surface area contributed by atoms with Crippen LogP contribution in [0.4, 0.5) is 5.82 Å². The fourth-order valence-corrected chi connectivity index (χ4v) is 1.94. The lowest BCUT2D eigenvalue weighted by atomic mass is 10.2. The van der Waals surface area contributed by atoms with Crippen LogP contribution in [0, 0.1) is 0 Å². The average Bonchev–Trinajstić information content (AvgIpc) is 2.46. The van der Waals surface area contributed by atoms with E-state index in [9.17, 15) is 4.79 Å². The highest BCUT2D eigenvalue weighted by Crippen LogP contribution is 2.23. The second-order valence-corrected chi connectivity index (χ2v) is 4.83. The summed E-state index contributed by atoms with van der Waals surface area (Å²) in [7, 11) is 3.07. The number of anilines is 1. The van der Waals surface area contributed by atoms with Gasteiger partial charge < -0.3 is 14.8 Å². The van der Waals surface area contributed by atoms with Crippen molar-refractivity contribution in [3.63, 3.8) is 0 Å². The second-order valence-electron chi connectivity index (χ2n) is 3.91. The number of aromatic nitrogens is 1. The van der Waals surface area contributed by atoms with Crippen LogP contribution in [0.1, 0.15) is 10.4 Å². The van der Waals surface area contributed by atoms with Crippen molar-refractivity contribution in [2.24, 2.45) is 0 Å². The van der Waals surface area contributed by atoms with Crippen molar-refractivity contribution in [2.75, 3.05) is 19.5 Å². The van der Waals surface area contributed by atoms with Gasteiger partial charge in [-0.3, -0.25) is 4.79 Å². The Morgan fingerprint density at radius 2 is 1.80 bits per heavy atom. The fourth-order valence-electron chi connectivity index (χ4n) is 1.60. The van der Waals surface area contributed by atoms with E-state index in [0.717, 1.165) is 4.47 Å². The molecule has 0 bridgehead atoms. The number of hydrogen-bond acceptors (Lipinski definition) is 4. The number of pyridine rings is 1. The van der Waals surface area contributed by atoms with Gasteiger partial charge in [0.2, 0.25) is 0 Å². The van der Waals surface area contributed by atoms with E-state index in [-0.39, 0.29) is 5.91 Å². The van der Waals surface area contributed by atoms with Gasteiger partial charge in [-0.2, -0.15) is 0 Å². The van der Waals surface area contributed by atoms with E-state index < -0.39 is 0 Å². The van der Waals surface area contributed by atoms with Gasteiger partial charge in [-0.25, -0.2) is 4.98 Å². The number of rotatable bonds is 4. The van der Waals surface area contributed by atoms with Crippen molar-refractivity contribution >= 4 is 27.7 Å². The first-order chi connectivity index (χ1) is 9.62. The Hall–Kier alpha value is -2.08. The van der Waals surface area contributed by atoms with Gasteiger partial charge in [0.15, 0.2) is 0 Å². The zero-order valence-corrected chi connectivity index (χ0v) is 12.6. The van der Waals surface area contributed by atoms with Crippen molar-refractivity contribution in [1.29, 1.82) is 0 Å². The molecule has 0 radical (unpaired) electrons. The Bertz CT molecular complexity index is 609. The van der Waals surface area contributed by atoms with Crippen LogP contribution in [0.3, 0.4) is 0 Å². The van der Waals surface area contributed by atoms with Crippen LogP contribution in [0.2, 0.25) is 0 Å². The summed E-state index contributed by atoms with van der Waals surface area (Å²) < 4.78 is 11.1. The van der Waals surface area contributed by atoms with Gasteiger partial charge in [0.1, 0.15) is 17.3 Å². The van der Waals surface area contributed by atoms with Crippen LogP contribution in [0.5, 0.6) is 11.5 Å². The highest BCUT2D eigenvalue weighted by atomic mass is 79.9. The molecule has 1 amide bonds. The molecule has 0 aliphatic heterocycles. The number of nitrogens with one attached hydrogen (secondary N) is 1. The third-order valence-electron chi connectivity index (χ3n) is 2.58. The van der Waals surface area contributed by atoms with Crippen molar-refractivity contribution in [3.8, 4) is 11.5 Å². The molecule has 20 heavy (non-hydrogen) atoms. The molecule has 1 aromatic carbocycles. The van der Waals surface area contributed by atoms with Crippen LogP contribution in [0.15, 0.2) is 41.0 Å². The minimum absolute atomic E-state index is 0.284. The number of amides is 1. The molecule has 0 aliphatic carbocycles. The van der Waals surface area contributed by atoms with Gasteiger partial charge in [-0.05, 0) is 24.3 Å². The average molecular weight is 337 g/mol. The number of hydrogen-bond donors (Lipinski definition) is 1. The summed E-state index contributed by atoms with van der Waals surface area (Å²) in [6.07, 6.45) is 1.60. The lowest BCUT2D eigenvalue weighted by Gasteiger charge is -2.09. The van der Waals surface area contributed by atoms with Crippen molar-refractivity contribution in [2.45, 2.75) is 0 Å². The van der Waals surface area contributed by atoms with E-state index in [1.807, 2.05) is 0 Å². The van der Waals surface area contributed by atoms with Gasteiger partial charge >= 0.3 is 0 Å². The molecule has 0 atom stereocenters. The van der Waals surface area contributed by atoms with Gasteiger partial charge in [-0.15, -0.1) is 0 Å². The SMILES string of the molecule is COc1cc(OC)cc(C(=O)Nc2cc(Br)ccn2)c1. The van der Waals surface area contributed by atoms with Crippen LogP contribution in [-0.4, -0.2) is 25.1 Å². The topological polar surface area (TPSA) is 60.5 Å².